The van der Waals surface area contributed by atoms with Crippen LogP contribution in [-0.4, -0.2) is 32.3 Å². The van der Waals surface area contributed by atoms with Crippen LogP contribution in [0.1, 0.15) is 28.4 Å². The molecule has 0 unspecified atom stereocenters. The van der Waals surface area contributed by atoms with Crippen molar-refractivity contribution in [1.29, 1.82) is 0 Å². The van der Waals surface area contributed by atoms with E-state index in [2.05, 4.69) is 22.0 Å². The molecule has 0 aliphatic carbocycles. The number of Topliss-reactive ketones (excluding diaryl/α,β-unsaturated/α-hetero) is 1. The van der Waals surface area contributed by atoms with Gasteiger partial charge in [0, 0.05) is 41.7 Å². The first-order valence-corrected chi connectivity index (χ1v) is 8.72. The number of rotatable bonds is 3. The topological polar surface area (TPSA) is 61.4 Å². The lowest BCUT2D eigenvalue weighted by Crippen LogP contribution is -1.94. The quantitative estimate of drug-likeness (QED) is 0.410. The first kappa shape index (κ1) is 17.6. The van der Waals surface area contributed by atoms with Crippen molar-refractivity contribution in [2.24, 2.45) is 7.05 Å². The summed E-state index contributed by atoms with van der Waals surface area (Å²) in [5, 5.41) is 8.65. The van der Waals surface area contributed by atoms with Gasteiger partial charge in [-0.2, -0.15) is 10.2 Å². The van der Waals surface area contributed by atoms with Gasteiger partial charge in [0.05, 0.1) is 25.1 Å². The molecular formula is C22H18N4O2. The Bertz CT molecular complexity index is 1250. The van der Waals surface area contributed by atoms with Crippen molar-refractivity contribution in [3.05, 3.63) is 71.8 Å². The average Bonchev–Trinajstić information content (AvgIpc) is 3.32. The maximum atomic E-state index is 11.6. The molecule has 3 aromatic heterocycles. The van der Waals surface area contributed by atoms with Crippen LogP contribution in [0.2, 0.25) is 0 Å². The molecule has 0 spiro atoms. The molecule has 28 heavy (non-hydrogen) atoms. The van der Waals surface area contributed by atoms with Crippen LogP contribution in [0.15, 0.2) is 55.1 Å². The molecule has 0 radical (unpaired) electrons. The number of methoxy groups -OCH3 is 1. The lowest BCUT2D eigenvalue weighted by atomic mass is 10.1. The summed E-state index contributed by atoms with van der Waals surface area (Å²) in [4.78, 5) is 11.6. The first-order valence-electron chi connectivity index (χ1n) is 8.72. The smallest absolute Gasteiger partial charge is 0.159 e. The lowest BCUT2D eigenvalue weighted by Gasteiger charge is -2.06. The second kappa shape index (κ2) is 7.05. The number of hydrogen-bond acceptors (Lipinski definition) is 4. The van der Waals surface area contributed by atoms with Crippen LogP contribution in [0.3, 0.4) is 0 Å². The number of hydrogen-bond donors (Lipinski definition) is 0. The van der Waals surface area contributed by atoms with E-state index >= 15 is 0 Å². The highest BCUT2D eigenvalue weighted by Gasteiger charge is 2.12. The van der Waals surface area contributed by atoms with Gasteiger partial charge < -0.3 is 4.74 Å². The highest BCUT2D eigenvalue weighted by atomic mass is 16.5. The van der Waals surface area contributed by atoms with Gasteiger partial charge in [0.25, 0.3) is 0 Å². The second-order valence-corrected chi connectivity index (χ2v) is 6.44. The number of fused-ring (bicyclic) bond motifs is 1. The third-order valence-electron chi connectivity index (χ3n) is 4.45. The van der Waals surface area contributed by atoms with Gasteiger partial charge in [-0.3, -0.25) is 9.48 Å². The van der Waals surface area contributed by atoms with Crippen LogP contribution >= 0.6 is 0 Å². The molecule has 138 valence electrons. The van der Waals surface area contributed by atoms with Crippen LogP contribution < -0.4 is 4.74 Å². The molecule has 0 aliphatic heterocycles. The predicted molar refractivity (Wildman–Crippen MR) is 106 cm³/mol. The Kier molecular flexibility index (Phi) is 4.42. The molecule has 6 nitrogen and oxygen atoms in total. The molecule has 0 bridgehead atoms. The Balaban J connectivity index is 1.78. The Morgan fingerprint density at radius 1 is 1.07 bits per heavy atom. The van der Waals surface area contributed by atoms with E-state index in [-0.39, 0.29) is 5.78 Å². The fraction of sp³-hybridized carbons (Fsp3) is 0.136. The average molecular weight is 370 g/mol. The summed E-state index contributed by atoms with van der Waals surface area (Å²) in [5.41, 5.74) is 4.90. The minimum absolute atomic E-state index is 0.0178. The molecule has 1 aromatic carbocycles. The highest BCUT2D eigenvalue weighted by Crippen LogP contribution is 2.29. The zero-order valence-electron chi connectivity index (χ0n) is 15.8. The van der Waals surface area contributed by atoms with Crippen LogP contribution in [0.5, 0.6) is 5.75 Å². The van der Waals surface area contributed by atoms with Gasteiger partial charge in [-0.1, -0.05) is 24.0 Å². The van der Waals surface area contributed by atoms with Crippen molar-refractivity contribution in [2.75, 3.05) is 7.11 Å². The van der Waals surface area contributed by atoms with Gasteiger partial charge in [-0.05, 0) is 25.1 Å². The first-order chi connectivity index (χ1) is 13.5. The van der Waals surface area contributed by atoms with Crippen LogP contribution in [0, 0.1) is 11.8 Å². The van der Waals surface area contributed by atoms with Gasteiger partial charge in [0.2, 0.25) is 0 Å². The predicted octanol–water partition coefficient (Wildman–Crippen LogP) is 3.35. The Morgan fingerprint density at radius 3 is 2.64 bits per heavy atom. The Morgan fingerprint density at radius 2 is 1.93 bits per heavy atom. The summed E-state index contributed by atoms with van der Waals surface area (Å²) in [6, 6.07) is 9.24. The zero-order chi connectivity index (χ0) is 19.7. The summed E-state index contributed by atoms with van der Waals surface area (Å²) in [5.74, 6) is 6.96. The van der Waals surface area contributed by atoms with E-state index in [4.69, 9.17) is 4.74 Å². The van der Waals surface area contributed by atoms with Crippen molar-refractivity contribution >= 4 is 11.3 Å². The standard InChI is InChI=1S/C22H18N4O2/c1-15(27)17-6-4-5-16(9-17)7-8-18-11-24-26-14-19(10-21(28-3)22(18)26)20-12-23-25(2)13-20/h4-6,9-14H,1-3H3. The minimum Gasteiger partial charge on any atom is -0.494 e. The number of aryl methyl sites for hydroxylation is 1. The molecule has 0 saturated heterocycles. The largest absolute Gasteiger partial charge is 0.494 e. The lowest BCUT2D eigenvalue weighted by molar-refractivity contribution is 0.101. The molecular weight excluding hydrogens is 352 g/mol. The van der Waals surface area contributed by atoms with Crippen LogP contribution in [0.4, 0.5) is 0 Å². The molecule has 4 rings (SSSR count). The summed E-state index contributed by atoms with van der Waals surface area (Å²) in [6.45, 7) is 1.54. The Hall–Kier alpha value is -3.85. The number of carbonyl (C=O) groups is 1. The minimum atomic E-state index is 0.0178. The molecule has 4 aromatic rings. The highest BCUT2D eigenvalue weighted by molar-refractivity contribution is 5.94. The van der Waals surface area contributed by atoms with Crippen LogP contribution in [-0.2, 0) is 7.05 Å². The number of benzene rings is 1. The molecule has 0 fully saturated rings. The van der Waals surface area contributed by atoms with Gasteiger partial charge in [-0.25, -0.2) is 4.52 Å². The van der Waals surface area contributed by atoms with E-state index in [9.17, 15) is 4.79 Å². The molecule has 0 aliphatic rings. The van der Waals surface area contributed by atoms with Gasteiger partial charge in [-0.15, -0.1) is 0 Å². The van der Waals surface area contributed by atoms with E-state index in [1.807, 2.05) is 37.6 Å². The number of aromatic nitrogens is 4. The van der Waals surface area contributed by atoms with Crippen molar-refractivity contribution < 1.29 is 9.53 Å². The van der Waals surface area contributed by atoms with E-state index in [0.717, 1.165) is 27.8 Å². The van der Waals surface area contributed by atoms with Crippen molar-refractivity contribution in [2.45, 2.75) is 6.92 Å². The monoisotopic (exact) mass is 370 g/mol. The number of nitrogens with zero attached hydrogens (tertiary/aromatic N) is 4. The van der Waals surface area contributed by atoms with E-state index in [0.29, 0.717) is 11.3 Å². The second-order valence-electron chi connectivity index (χ2n) is 6.44. The zero-order valence-corrected chi connectivity index (χ0v) is 15.8. The third kappa shape index (κ3) is 3.26. The maximum absolute atomic E-state index is 11.6. The summed E-state index contributed by atoms with van der Waals surface area (Å²) in [7, 11) is 3.50. The summed E-state index contributed by atoms with van der Waals surface area (Å²) in [6.07, 6.45) is 7.38. The van der Waals surface area contributed by atoms with Gasteiger partial charge in [0.1, 0.15) is 11.3 Å². The van der Waals surface area contributed by atoms with Crippen molar-refractivity contribution in [3.63, 3.8) is 0 Å². The van der Waals surface area contributed by atoms with Crippen LogP contribution in [0.25, 0.3) is 16.6 Å². The maximum Gasteiger partial charge on any atom is 0.159 e. The van der Waals surface area contributed by atoms with Crippen molar-refractivity contribution in [1.82, 2.24) is 19.4 Å². The molecule has 0 N–H and O–H groups in total. The molecule has 6 heteroatoms. The fourth-order valence-corrected chi connectivity index (χ4v) is 3.02. The third-order valence-corrected chi connectivity index (χ3v) is 4.45. The number of ether oxygens (including phenoxy) is 1. The molecule has 0 atom stereocenters. The van der Waals surface area contributed by atoms with Crippen molar-refractivity contribution in [3.8, 4) is 28.7 Å². The van der Waals surface area contributed by atoms with Gasteiger partial charge in [0.15, 0.2) is 5.78 Å². The summed E-state index contributed by atoms with van der Waals surface area (Å²) >= 11 is 0. The SMILES string of the molecule is COc1cc(-c2cnn(C)c2)cn2ncc(C#Cc3cccc(C(C)=O)c3)c12. The van der Waals surface area contributed by atoms with Gasteiger partial charge >= 0.3 is 0 Å². The molecule has 0 saturated carbocycles. The fourth-order valence-electron chi connectivity index (χ4n) is 3.02. The molecule has 3 heterocycles. The number of carbonyl (C=O) groups excluding carboxylic acids is 1. The Labute approximate surface area is 162 Å². The number of ketones is 1. The molecule has 0 amide bonds. The van der Waals surface area contributed by atoms with E-state index in [1.54, 1.807) is 47.8 Å². The normalized spacial score (nSPS) is 10.5. The number of pyridine rings is 1. The van der Waals surface area contributed by atoms with E-state index < -0.39 is 0 Å². The summed E-state index contributed by atoms with van der Waals surface area (Å²) < 4.78 is 9.11. The van der Waals surface area contributed by atoms with E-state index in [1.165, 1.54) is 0 Å².